The molecule has 0 aliphatic rings. The van der Waals surface area contributed by atoms with Gasteiger partial charge in [-0.2, -0.15) is 5.10 Å². The van der Waals surface area contributed by atoms with Crippen LogP contribution >= 0.6 is 23.8 Å². The van der Waals surface area contributed by atoms with E-state index >= 15 is 0 Å². The molecule has 0 aromatic heterocycles. The summed E-state index contributed by atoms with van der Waals surface area (Å²) >= 11 is 10.9. The van der Waals surface area contributed by atoms with Crippen LogP contribution in [0.1, 0.15) is 32.3 Å². The molecule has 0 saturated carbocycles. The minimum absolute atomic E-state index is 0.0990. The van der Waals surface area contributed by atoms with Gasteiger partial charge in [0.25, 0.3) is 0 Å². The van der Waals surface area contributed by atoms with Gasteiger partial charge < -0.3 is 15.2 Å². The maximum atomic E-state index is 6.25. The molecule has 0 fully saturated rings. The zero-order valence-electron chi connectivity index (χ0n) is 12.2. The lowest BCUT2D eigenvalue weighted by molar-refractivity contribution is 0.273. The van der Waals surface area contributed by atoms with Crippen LogP contribution in [0, 0.1) is 0 Å². The van der Waals surface area contributed by atoms with Crippen molar-refractivity contribution in [1.29, 1.82) is 0 Å². The second-order valence-electron chi connectivity index (χ2n) is 4.20. The number of hydrazone groups is 1. The summed E-state index contributed by atoms with van der Waals surface area (Å²) in [7, 11) is 0. The number of halogens is 1. The summed E-state index contributed by atoms with van der Waals surface area (Å²) in [6, 6.07) is 3.55. The molecule has 1 aromatic carbocycles. The molecule has 0 saturated heterocycles. The highest BCUT2D eigenvalue weighted by Gasteiger charge is 2.12. The van der Waals surface area contributed by atoms with E-state index in [1.54, 1.807) is 18.3 Å². The molecule has 0 aliphatic heterocycles. The molecule has 0 aliphatic carbocycles. The third-order valence-electron chi connectivity index (χ3n) is 2.46. The molecule has 3 N–H and O–H groups in total. The standard InChI is InChI=1S/C14H20ClN3O2S/c1-3-5-6-20-13-11(15)7-10(8-12(13)19-4-2)9-17-18-14(16)21/h7-9H,3-6H2,1-2H3,(H3,16,18,21). The van der Waals surface area contributed by atoms with Gasteiger partial charge in [-0.3, -0.25) is 5.43 Å². The predicted molar refractivity (Wildman–Crippen MR) is 90.5 cm³/mol. The van der Waals surface area contributed by atoms with Gasteiger partial charge in [0.1, 0.15) is 0 Å². The summed E-state index contributed by atoms with van der Waals surface area (Å²) in [5.41, 5.74) is 8.54. The van der Waals surface area contributed by atoms with Crippen molar-refractivity contribution in [2.24, 2.45) is 10.8 Å². The maximum Gasteiger partial charge on any atom is 0.184 e. The Balaban J connectivity index is 2.94. The Morgan fingerprint density at radius 1 is 1.43 bits per heavy atom. The normalized spacial score (nSPS) is 10.6. The largest absolute Gasteiger partial charge is 0.490 e. The van der Waals surface area contributed by atoms with Crippen LogP contribution in [0.4, 0.5) is 0 Å². The lowest BCUT2D eigenvalue weighted by Crippen LogP contribution is -2.23. The second kappa shape index (κ2) is 9.41. The quantitative estimate of drug-likeness (QED) is 0.332. The molecule has 1 rings (SSSR count). The van der Waals surface area contributed by atoms with Crippen LogP contribution in [-0.4, -0.2) is 24.5 Å². The van der Waals surface area contributed by atoms with Crippen LogP contribution in [0.25, 0.3) is 0 Å². The van der Waals surface area contributed by atoms with Gasteiger partial charge in [-0.15, -0.1) is 0 Å². The van der Waals surface area contributed by atoms with Crippen molar-refractivity contribution in [1.82, 2.24) is 5.43 Å². The number of hydrogen-bond donors (Lipinski definition) is 2. The Labute approximate surface area is 135 Å². The van der Waals surface area contributed by atoms with E-state index in [9.17, 15) is 0 Å². The summed E-state index contributed by atoms with van der Waals surface area (Å²) in [6.45, 7) is 5.13. The van der Waals surface area contributed by atoms with Gasteiger partial charge in [0.2, 0.25) is 0 Å². The van der Waals surface area contributed by atoms with Crippen LogP contribution in [0.5, 0.6) is 11.5 Å². The number of ether oxygens (including phenoxy) is 2. The number of unbranched alkanes of at least 4 members (excludes halogenated alkanes) is 1. The number of nitrogens with one attached hydrogen (secondary N) is 1. The van der Waals surface area contributed by atoms with Gasteiger partial charge in [0.05, 0.1) is 24.5 Å². The molecule has 7 heteroatoms. The molecule has 0 unspecified atom stereocenters. The van der Waals surface area contributed by atoms with E-state index in [0.717, 1.165) is 18.4 Å². The monoisotopic (exact) mass is 329 g/mol. The number of hydrogen-bond acceptors (Lipinski definition) is 4. The van der Waals surface area contributed by atoms with Crippen molar-refractivity contribution in [3.05, 3.63) is 22.7 Å². The van der Waals surface area contributed by atoms with E-state index < -0.39 is 0 Å². The first-order chi connectivity index (χ1) is 10.1. The average molecular weight is 330 g/mol. The fraction of sp³-hybridized carbons (Fsp3) is 0.429. The van der Waals surface area contributed by atoms with E-state index in [4.69, 9.17) is 26.8 Å². The number of benzene rings is 1. The topological polar surface area (TPSA) is 68.9 Å². The molecule has 0 amide bonds. The predicted octanol–water partition coefficient (Wildman–Crippen LogP) is 3.08. The highest BCUT2D eigenvalue weighted by molar-refractivity contribution is 7.80. The van der Waals surface area contributed by atoms with Crippen LogP contribution < -0.4 is 20.6 Å². The van der Waals surface area contributed by atoms with E-state index in [1.165, 1.54) is 0 Å². The SMILES string of the molecule is CCCCOc1c(Cl)cc(C=NNC(N)=S)cc1OCC. The summed E-state index contributed by atoms with van der Waals surface area (Å²) in [6.07, 6.45) is 3.57. The molecule has 21 heavy (non-hydrogen) atoms. The summed E-state index contributed by atoms with van der Waals surface area (Å²) in [4.78, 5) is 0. The fourth-order valence-electron chi connectivity index (χ4n) is 1.55. The molecule has 0 radical (unpaired) electrons. The van der Waals surface area contributed by atoms with Gasteiger partial charge in [-0.05, 0) is 43.3 Å². The first-order valence-electron chi connectivity index (χ1n) is 6.76. The molecular formula is C14H20ClN3O2S. The molecular weight excluding hydrogens is 310 g/mol. The number of nitrogens with zero attached hydrogens (tertiary/aromatic N) is 1. The Morgan fingerprint density at radius 2 is 2.19 bits per heavy atom. The molecule has 0 atom stereocenters. The Kier molecular flexibility index (Phi) is 7.85. The third kappa shape index (κ3) is 6.18. The molecule has 1 aromatic rings. The zero-order valence-corrected chi connectivity index (χ0v) is 13.8. The van der Waals surface area contributed by atoms with E-state index in [2.05, 4.69) is 29.7 Å². The van der Waals surface area contributed by atoms with E-state index in [1.807, 2.05) is 6.92 Å². The van der Waals surface area contributed by atoms with Crippen molar-refractivity contribution in [2.75, 3.05) is 13.2 Å². The highest BCUT2D eigenvalue weighted by Crippen LogP contribution is 2.36. The lowest BCUT2D eigenvalue weighted by Gasteiger charge is -2.14. The maximum absolute atomic E-state index is 6.25. The van der Waals surface area contributed by atoms with E-state index in [-0.39, 0.29) is 5.11 Å². The molecule has 0 heterocycles. The van der Waals surface area contributed by atoms with Crippen LogP contribution in [0.15, 0.2) is 17.2 Å². The Hall–Kier alpha value is -1.53. The smallest absolute Gasteiger partial charge is 0.184 e. The second-order valence-corrected chi connectivity index (χ2v) is 5.05. The van der Waals surface area contributed by atoms with Crippen LogP contribution in [0.3, 0.4) is 0 Å². The first-order valence-corrected chi connectivity index (χ1v) is 7.54. The minimum Gasteiger partial charge on any atom is -0.490 e. The van der Waals surface area contributed by atoms with Crippen LogP contribution in [-0.2, 0) is 0 Å². The first kappa shape index (κ1) is 17.5. The van der Waals surface area contributed by atoms with Gasteiger partial charge in [0.15, 0.2) is 16.6 Å². The van der Waals surface area contributed by atoms with Crippen molar-refractivity contribution in [2.45, 2.75) is 26.7 Å². The van der Waals surface area contributed by atoms with Gasteiger partial charge >= 0.3 is 0 Å². The van der Waals surface area contributed by atoms with Crippen molar-refractivity contribution < 1.29 is 9.47 Å². The van der Waals surface area contributed by atoms with E-state index in [0.29, 0.717) is 29.7 Å². The highest BCUT2D eigenvalue weighted by atomic mass is 35.5. The molecule has 0 bridgehead atoms. The summed E-state index contributed by atoms with van der Waals surface area (Å²) < 4.78 is 11.3. The van der Waals surface area contributed by atoms with Crippen LogP contribution in [0.2, 0.25) is 5.02 Å². The summed E-state index contributed by atoms with van der Waals surface area (Å²) in [5.74, 6) is 1.16. The third-order valence-corrected chi connectivity index (χ3v) is 2.84. The van der Waals surface area contributed by atoms with Gasteiger partial charge in [-0.1, -0.05) is 24.9 Å². The molecule has 0 spiro atoms. The zero-order chi connectivity index (χ0) is 15.7. The van der Waals surface area contributed by atoms with Crippen molar-refractivity contribution >= 4 is 35.1 Å². The Bertz CT molecular complexity index is 509. The number of thiocarbonyl (C=S) groups is 1. The average Bonchev–Trinajstić information content (AvgIpc) is 2.42. The fourth-order valence-corrected chi connectivity index (χ4v) is 1.88. The number of rotatable bonds is 8. The van der Waals surface area contributed by atoms with Gasteiger partial charge in [0, 0.05) is 0 Å². The molecule has 116 valence electrons. The number of nitrogens with two attached hydrogens (primary N) is 1. The lowest BCUT2D eigenvalue weighted by atomic mass is 10.2. The van der Waals surface area contributed by atoms with Gasteiger partial charge in [-0.25, -0.2) is 0 Å². The summed E-state index contributed by atoms with van der Waals surface area (Å²) in [5, 5.41) is 4.47. The van der Waals surface area contributed by atoms with Crippen molar-refractivity contribution in [3.63, 3.8) is 0 Å². The minimum atomic E-state index is 0.0990. The van der Waals surface area contributed by atoms with Crippen molar-refractivity contribution in [3.8, 4) is 11.5 Å². The molecule has 5 nitrogen and oxygen atoms in total. The Morgan fingerprint density at radius 3 is 2.81 bits per heavy atom.